The maximum Gasteiger partial charge on any atom is 0.317 e. The number of hydrogen-bond donors (Lipinski definition) is 1. The Hall–Kier alpha value is -1.14. The number of hydrogen-bond acceptors (Lipinski definition) is 4. The number of thiazole rings is 1. The number of nitrogens with one attached hydrogen (secondary N) is 1. The topological polar surface area (TPSA) is 54.5 Å². The minimum absolute atomic E-state index is 0.0231. The first kappa shape index (κ1) is 13.5. The predicted molar refractivity (Wildman–Crippen MR) is 80.4 cm³/mol. The second-order valence-corrected chi connectivity index (χ2v) is 7.52. The second kappa shape index (κ2) is 5.25. The molecule has 4 rings (SSSR count). The molecule has 3 fully saturated rings. The molecule has 0 aromatic carbocycles. The number of carbonyl (C=O) groups excluding carboxylic acids is 1. The van der Waals surface area contributed by atoms with Crippen molar-refractivity contribution in [2.45, 2.75) is 38.1 Å². The number of nitrogens with zero attached hydrogens (tertiary/aromatic N) is 2. The molecule has 1 aliphatic heterocycles. The Labute approximate surface area is 128 Å². The van der Waals surface area contributed by atoms with Gasteiger partial charge in [0, 0.05) is 29.8 Å². The second-order valence-electron chi connectivity index (χ2n) is 6.57. The average Bonchev–Trinajstić information content (AvgIpc) is 3.41. The van der Waals surface area contributed by atoms with Crippen molar-refractivity contribution in [3.05, 3.63) is 16.1 Å². The van der Waals surface area contributed by atoms with Crippen molar-refractivity contribution in [1.29, 1.82) is 0 Å². The quantitative estimate of drug-likeness (QED) is 0.932. The summed E-state index contributed by atoms with van der Waals surface area (Å²) in [5.41, 5.74) is 1.47. The van der Waals surface area contributed by atoms with Gasteiger partial charge in [0.15, 0.2) is 0 Å². The monoisotopic (exact) mass is 307 g/mol. The number of aromatic nitrogens is 1. The van der Waals surface area contributed by atoms with Crippen LogP contribution in [0.25, 0.3) is 0 Å². The summed E-state index contributed by atoms with van der Waals surface area (Å²) in [6.07, 6.45) is 4.92. The van der Waals surface area contributed by atoms with Gasteiger partial charge in [-0.3, -0.25) is 0 Å². The maximum absolute atomic E-state index is 12.3. The van der Waals surface area contributed by atoms with Crippen molar-refractivity contribution in [2.75, 3.05) is 26.3 Å². The van der Waals surface area contributed by atoms with Gasteiger partial charge in [0.2, 0.25) is 0 Å². The summed E-state index contributed by atoms with van der Waals surface area (Å²) in [6, 6.07) is 0.0231. The van der Waals surface area contributed by atoms with Crippen LogP contribution in [0.15, 0.2) is 5.38 Å². The molecule has 21 heavy (non-hydrogen) atoms. The first-order valence-electron chi connectivity index (χ1n) is 7.79. The zero-order valence-corrected chi connectivity index (χ0v) is 13.0. The van der Waals surface area contributed by atoms with Crippen LogP contribution in [0.4, 0.5) is 4.79 Å². The fourth-order valence-electron chi connectivity index (χ4n) is 2.88. The van der Waals surface area contributed by atoms with Gasteiger partial charge in [-0.15, -0.1) is 11.3 Å². The van der Waals surface area contributed by atoms with Crippen molar-refractivity contribution >= 4 is 17.4 Å². The molecule has 1 N–H and O–H groups in total. The molecule has 114 valence electrons. The zero-order valence-electron chi connectivity index (χ0n) is 12.1. The van der Waals surface area contributed by atoms with E-state index < -0.39 is 0 Å². The van der Waals surface area contributed by atoms with Crippen molar-refractivity contribution < 1.29 is 9.53 Å². The normalized spacial score (nSPS) is 23.9. The van der Waals surface area contributed by atoms with Gasteiger partial charge in [-0.2, -0.15) is 0 Å². The Morgan fingerprint density at radius 2 is 2.38 bits per heavy atom. The molecule has 1 aromatic heterocycles. The molecule has 0 atom stereocenters. The molecule has 1 spiro atoms. The number of amides is 2. The van der Waals surface area contributed by atoms with Crippen LogP contribution in [0.5, 0.6) is 0 Å². The first-order chi connectivity index (χ1) is 10.2. The predicted octanol–water partition coefficient (Wildman–Crippen LogP) is 2.34. The number of urea groups is 1. The largest absolute Gasteiger partial charge is 0.379 e. The highest BCUT2D eigenvalue weighted by atomic mass is 32.1. The summed E-state index contributed by atoms with van der Waals surface area (Å²) >= 11 is 1.65. The van der Waals surface area contributed by atoms with E-state index in [9.17, 15) is 4.79 Å². The average molecular weight is 307 g/mol. The Bertz CT molecular complexity index is 537. The van der Waals surface area contributed by atoms with Crippen LogP contribution < -0.4 is 5.32 Å². The molecule has 5 nitrogen and oxygen atoms in total. The minimum Gasteiger partial charge on any atom is -0.379 e. The van der Waals surface area contributed by atoms with E-state index >= 15 is 0 Å². The third-order valence-corrected chi connectivity index (χ3v) is 5.51. The Morgan fingerprint density at radius 3 is 3.14 bits per heavy atom. The lowest BCUT2D eigenvalue weighted by Gasteiger charge is -2.23. The standard InChI is InChI=1S/C15H21N3O2S/c19-14(18-5-6-20-10-15(9-18)3-4-15)16-7-13-17-12(8-21-13)11-1-2-11/h8,11H,1-7,9-10H2,(H,16,19). The molecule has 6 heteroatoms. The maximum atomic E-state index is 12.3. The molecule has 0 radical (unpaired) electrons. The SMILES string of the molecule is O=C(NCc1nc(C2CC2)cs1)N1CCOCC2(CC2)C1. The molecule has 3 aliphatic rings. The minimum atomic E-state index is 0.0231. The Kier molecular flexibility index (Phi) is 3.38. The summed E-state index contributed by atoms with van der Waals surface area (Å²) in [5.74, 6) is 0.684. The van der Waals surface area contributed by atoms with E-state index in [2.05, 4.69) is 15.7 Å². The molecule has 2 aliphatic carbocycles. The molecule has 2 amide bonds. The molecule has 0 unspecified atom stereocenters. The molecule has 1 saturated heterocycles. The molecule has 0 bridgehead atoms. The van der Waals surface area contributed by atoms with Gasteiger partial charge in [0.05, 0.1) is 25.5 Å². The number of rotatable bonds is 3. The fourth-order valence-corrected chi connectivity index (χ4v) is 3.70. The summed E-state index contributed by atoms with van der Waals surface area (Å²) in [7, 11) is 0. The van der Waals surface area contributed by atoms with Crippen LogP contribution in [-0.2, 0) is 11.3 Å². The summed E-state index contributed by atoms with van der Waals surface area (Å²) < 4.78 is 5.62. The van der Waals surface area contributed by atoms with E-state index in [0.717, 1.165) is 18.2 Å². The van der Waals surface area contributed by atoms with Gasteiger partial charge in [0.1, 0.15) is 5.01 Å². The molecular weight excluding hydrogens is 286 g/mol. The van der Waals surface area contributed by atoms with E-state index in [-0.39, 0.29) is 11.4 Å². The van der Waals surface area contributed by atoms with Crippen molar-refractivity contribution in [3.8, 4) is 0 Å². The highest BCUT2D eigenvalue weighted by Crippen LogP contribution is 2.47. The van der Waals surface area contributed by atoms with Crippen LogP contribution in [0, 0.1) is 5.41 Å². The van der Waals surface area contributed by atoms with Gasteiger partial charge >= 0.3 is 6.03 Å². The molecular formula is C15H21N3O2S. The zero-order chi connectivity index (χ0) is 14.3. The molecule has 1 aromatic rings. The van der Waals surface area contributed by atoms with E-state index in [0.29, 0.717) is 25.6 Å². The highest BCUT2D eigenvalue weighted by molar-refractivity contribution is 7.09. The van der Waals surface area contributed by atoms with Crippen molar-refractivity contribution in [1.82, 2.24) is 15.2 Å². The van der Waals surface area contributed by atoms with E-state index in [1.54, 1.807) is 11.3 Å². The Morgan fingerprint density at radius 1 is 1.52 bits per heavy atom. The third-order valence-electron chi connectivity index (χ3n) is 4.64. The lowest BCUT2D eigenvalue weighted by Crippen LogP contribution is -2.43. The van der Waals surface area contributed by atoms with Gasteiger partial charge in [0.25, 0.3) is 0 Å². The lowest BCUT2D eigenvalue weighted by molar-refractivity contribution is 0.115. The van der Waals surface area contributed by atoms with Gasteiger partial charge in [-0.25, -0.2) is 9.78 Å². The summed E-state index contributed by atoms with van der Waals surface area (Å²) in [5, 5.41) is 6.16. The van der Waals surface area contributed by atoms with Crippen LogP contribution in [-0.4, -0.2) is 42.2 Å². The van der Waals surface area contributed by atoms with Crippen molar-refractivity contribution in [3.63, 3.8) is 0 Å². The third kappa shape index (κ3) is 3.06. The van der Waals surface area contributed by atoms with Crippen molar-refractivity contribution in [2.24, 2.45) is 5.41 Å². The van der Waals surface area contributed by atoms with Gasteiger partial charge in [-0.1, -0.05) is 0 Å². The lowest BCUT2D eigenvalue weighted by atomic mass is 10.1. The molecule has 2 saturated carbocycles. The molecule has 2 heterocycles. The Balaban J connectivity index is 1.31. The van der Waals surface area contributed by atoms with Crippen LogP contribution in [0.1, 0.15) is 42.3 Å². The first-order valence-corrected chi connectivity index (χ1v) is 8.67. The number of ether oxygens (including phenoxy) is 1. The summed E-state index contributed by atoms with van der Waals surface area (Å²) in [4.78, 5) is 18.9. The van der Waals surface area contributed by atoms with E-state index in [1.165, 1.54) is 31.4 Å². The number of carbonyl (C=O) groups is 1. The van der Waals surface area contributed by atoms with Crippen LogP contribution in [0.3, 0.4) is 0 Å². The van der Waals surface area contributed by atoms with E-state index in [4.69, 9.17) is 4.74 Å². The summed E-state index contributed by atoms with van der Waals surface area (Å²) in [6.45, 7) is 3.54. The smallest absolute Gasteiger partial charge is 0.317 e. The van der Waals surface area contributed by atoms with Crippen LogP contribution >= 0.6 is 11.3 Å². The highest BCUT2D eigenvalue weighted by Gasteiger charge is 2.46. The van der Waals surface area contributed by atoms with Crippen LogP contribution in [0.2, 0.25) is 0 Å². The van der Waals surface area contributed by atoms with E-state index in [1.807, 2.05) is 4.90 Å². The fraction of sp³-hybridized carbons (Fsp3) is 0.733. The van der Waals surface area contributed by atoms with Gasteiger partial charge < -0.3 is 15.0 Å². The van der Waals surface area contributed by atoms with Gasteiger partial charge in [-0.05, 0) is 25.7 Å².